The van der Waals surface area contributed by atoms with Gasteiger partial charge in [0.2, 0.25) is 0 Å². The van der Waals surface area contributed by atoms with Gasteiger partial charge in [0.05, 0.1) is 5.41 Å². The first-order chi connectivity index (χ1) is 9.14. The molecule has 108 valence electrons. The molecule has 19 heavy (non-hydrogen) atoms. The Morgan fingerprint density at radius 3 is 2.53 bits per heavy atom. The number of fused-ring (bicyclic) bond motifs is 2. The number of aliphatic carboxylic acids is 1. The number of hydrogen-bond donors (Lipinski definition) is 1. The average Bonchev–Trinajstić information content (AvgIpc) is 2.81. The minimum absolute atomic E-state index is 0.438. The van der Waals surface area contributed by atoms with E-state index in [4.69, 9.17) is 0 Å². The van der Waals surface area contributed by atoms with E-state index in [9.17, 15) is 9.90 Å². The summed E-state index contributed by atoms with van der Waals surface area (Å²) in [6.45, 7) is 7.80. The predicted octanol–water partition coefficient (Wildman–Crippen LogP) is 1.66. The SMILES string of the molecule is CCC1(C(=O)O)CCN(C2CCN3CCC2C3)CC1. The van der Waals surface area contributed by atoms with Gasteiger partial charge in [-0.1, -0.05) is 6.92 Å². The third kappa shape index (κ3) is 2.29. The summed E-state index contributed by atoms with van der Waals surface area (Å²) in [5.41, 5.74) is -0.438. The second-order valence-electron chi connectivity index (χ2n) is 6.68. The summed E-state index contributed by atoms with van der Waals surface area (Å²) in [4.78, 5) is 16.7. The van der Waals surface area contributed by atoms with Crippen molar-refractivity contribution >= 4 is 5.97 Å². The van der Waals surface area contributed by atoms with Gasteiger partial charge in [0.25, 0.3) is 0 Å². The summed E-state index contributed by atoms with van der Waals surface area (Å²) in [5.74, 6) is 0.262. The molecule has 0 aromatic heterocycles. The molecule has 1 N–H and O–H groups in total. The molecule has 3 aliphatic rings. The standard InChI is InChI=1S/C15H26N2O2/c1-2-15(14(18)19)5-9-17(10-6-15)13-4-8-16-7-3-12(13)11-16/h12-13H,2-11H2,1H3,(H,18,19). The third-order valence-electron chi connectivity index (χ3n) is 5.95. The number of likely N-dealkylation sites (tertiary alicyclic amines) is 1. The lowest BCUT2D eigenvalue weighted by Crippen LogP contribution is -2.52. The molecular formula is C15H26N2O2. The predicted molar refractivity (Wildman–Crippen MR) is 74.1 cm³/mol. The molecule has 4 heteroatoms. The van der Waals surface area contributed by atoms with Crippen molar-refractivity contribution < 1.29 is 9.90 Å². The molecule has 0 aromatic carbocycles. The minimum atomic E-state index is -0.578. The molecule has 3 saturated heterocycles. The molecular weight excluding hydrogens is 240 g/mol. The minimum Gasteiger partial charge on any atom is -0.481 e. The van der Waals surface area contributed by atoms with Crippen molar-refractivity contribution in [2.45, 2.75) is 45.1 Å². The molecule has 3 rings (SSSR count). The summed E-state index contributed by atoms with van der Waals surface area (Å²) in [7, 11) is 0. The number of nitrogens with zero attached hydrogens (tertiary/aromatic N) is 2. The lowest BCUT2D eigenvalue weighted by Gasteiger charge is -2.45. The molecule has 3 atom stereocenters. The Hall–Kier alpha value is -0.610. The zero-order valence-electron chi connectivity index (χ0n) is 12.0. The van der Waals surface area contributed by atoms with Crippen molar-refractivity contribution in [3.8, 4) is 0 Å². The van der Waals surface area contributed by atoms with Crippen LogP contribution in [0.5, 0.6) is 0 Å². The van der Waals surface area contributed by atoms with E-state index in [1.54, 1.807) is 0 Å². The highest BCUT2D eigenvalue weighted by molar-refractivity contribution is 5.74. The monoisotopic (exact) mass is 266 g/mol. The summed E-state index contributed by atoms with van der Waals surface area (Å²) < 4.78 is 0. The number of hydrogen-bond acceptors (Lipinski definition) is 3. The Morgan fingerprint density at radius 2 is 1.89 bits per heavy atom. The van der Waals surface area contributed by atoms with Crippen LogP contribution in [0.2, 0.25) is 0 Å². The quantitative estimate of drug-likeness (QED) is 0.843. The van der Waals surface area contributed by atoms with Gasteiger partial charge in [0, 0.05) is 12.6 Å². The number of carboxylic acid groups (broad SMARTS) is 1. The van der Waals surface area contributed by atoms with Crippen LogP contribution in [0, 0.1) is 11.3 Å². The second-order valence-corrected chi connectivity index (χ2v) is 6.68. The second kappa shape index (κ2) is 5.06. The zero-order chi connectivity index (χ0) is 13.5. The number of carbonyl (C=O) groups is 1. The van der Waals surface area contributed by atoms with Gasteiger partial charge < -0.3 is 10.0 Å². The molecule has 0 amide bonds. The summed E-state index contributed by atoms with van der Waals surface area (Å²) in [6.07, 6.45) is 5.09. The van der Waals surface area contributed by atoms with Crippen LogP contribution in [0.1, 0.15) is 39.0 Å². The first-order valence-electron chi connectivity index (χ1n) is 7.84. The fourth-order valence-corrected chi connectivity index (χ4v) is 4.41. The first-order valence-corrected chi connectivity index (χ1v) is 7.84. The van der Waals surface area contributed by atoms with Gasteiger partial charge in [-0.3, -0.25) is 9.69 Å². The molecule has 3 heterocycles. The third-order valence-corrected chi connectivity index (χ3v) is 5.95. The molecule has 3 unspecified atom stereocenters. The molecule has 0 aromatic rings. The van der Waals surface area contributed by atoms with E-state index in [2.05, 4.69) is 9.80 Å². The first kappa shape index (κ1) is 13.4. The Balaban J connectivity index is 1.62. The fourth-order valence-electron chi connectivity index (χ4n) is 4.41. The maximum Gasteiger partial charge on any atom is 0.309 e. The summed E-state index contributed by atoms with van der Waals surface area (Å²) in [6, 6.07) is 0.724. The van der Waals surface area contributed by atoms with Crippen LogP contribution in [0.25, 0.3) is 0 Å². The van der Waals surface area contributed by atoms with Crippen LogP contribution in [0.15, 0.2) is 0 Å². The smallest absolute Gasteiger partial charge is 0.309 e. The molecule has 0 aliphatic carbocycles. The van der Waals surface area contributed by atoms with Gasteiger partial charge in [-0.2, -0.15) is 0 Å². The van der Waals surface area contributed by atoms with Crippen LogP contribution < -0.4 is 0 Å². The fraction of sp³-hybridized carbons (Fsp3) is 0.933. The van der Waals surface area contributed by atoms with Gasteiger partial charge in [-0.05, 0) is 64.2 Å². The van der Waals surface area contributed by atoms with Crippen LogP contribution in [0.3, 0.4) is 0 Å². The molecule has 0 spiro atoms. The van der Waals surface area contributed by atoms with E-state index in [-0.39, 0.29) is 0 Å². The molecule has 3 fully saturated rings. The molecule has 0 saturated carbocycles. The topological polar surface area (TPSA) is 43.8 Å². The molecule has 0 radical (unpaired) electrons. The van der Waals surface area contributed by atoms with Gasteiger partial charge in [-0.15, -0.1) is 0 Å². The van der Waals surface area contributed by atoms with Crippen LogP contribution >= 0.6 is 0 Å². The number of piperidine rings is 2. The van der Waals surface area contributed by atoms with Gasteiger partial charge >= 0.3 is 5.97 Å². The molecule has 2 bridgehead atoms. The lowest BCUT2D eigenvalue weighted by atomic mass is 9.75. The van der Waals surface area contributed by atoms with Crippen molar-refractivity contribution in [2.24, 2.45) is 11.3 Å². The molecule has 3 aliphatic heterocycles. The van der Waals surface area contributed by atoms with Crippen molar-refractivity contribution in [3.05, 3.63) is 0 Å². The summed E-state index contributed by atoms with van der Waals surface area (Å²) >= 11 is 0. The Labute approximate surface area is 115 Å². The number of carboxylic acids is 1. The highest BCUT2D eigenvalue weighted by Crippen LogP contribution is 2.38. The van der Waals surface area contributed by atoms with Crippen molar-refractivity contribution in [1.82, 2.24) is 9.80 Å². The molecule has 4 nitrogen and oxygen atoms in total. The maximum absolute atomic E-state index is 11.5. The van der Waals surface area contributed by atoms with E-state index in [0.29, 0.717) is 0 Å². The van der Waals surface area contributed by atoms with Crippen LogP contribution in [0.4, 0.5) is 0 Å². The summed E-state index contributed by atoms with van der Waals surface area (Å²) in [5, 5.41) is 9.46. The average molecular weight is 266 g/mol. The van der Waals surface area contributed by atoms with E-state index < -0.39 is 11.4 Å². The van der Waals surface area contributed by atoms with E-state index >= 15 is 0 Å². The van der Waals surface area contributed by atoms with E-state index in [1.165, 1.54) is 32.5 Å². The van der Waals surface area contributed by atoms with Crippen molar-refractivity contribution in [2.75, 3.05) is 32.7 Å². The van der Waals surface area contributed by atoms with Crippen molar-refractivity contribution in [1.29, 1.82) is 0 Å². The van der Waals surface area contributed by atoms with Gasteiger partial charge in [0.1, 0.15) is 0 Å². The Bertz CT molecular complexity index is 350. The lowest BCUT2D eigenvalue weighted by molar-refractivity contribution is -0.153. The Kier molecular flexibility index (Phi) is 3.56. The normalized spacial score (nSPS) is 38.3. The Morgan fingerprint density at radius 1 is 1.21 bits per heavy atom. The van der Waals surface area contributed by atoms with E-state index in [0.717, 1.165) is 44.3 Å². The van der Waals surface area contributed by atoms with Gasteiger partial charge in [-0.25, -0.2) is 0 Å². The highest BCUT2D eigenvalue weighted by Gasteiger charge is 2.44. The van der Waals surface area contributed by atoms with Gasteiger partial charge in [0.15, 0.2) is 0 Å². The zero-order valence-corrected chi connectivity index (χ0v) is 12.0. The van der Waals surface area contributed by atoms with Crippen LogP contribution in [-0.4, -0.2) is 59.6 Å². The van der Waals surface area contributed by atoms with E-state index in [1.807, 2.05) is 6.92 Å². The largest absolute Gasteiger partial charge is 0.481 e. The maximum atomic E-state index is 11.5. The van der Waals surface area contributed by atoms with Crippen molar-refractivity contribution in [3.63, 3.8) is 0 Å². The van der Waals surface area contributed by atoms with Crippen LogP contribution in [-0.2, 0) is 4.79 Å². The number of rotatable bonds is 3. The highest BCUT2D eigenvalue weighted by atomic mass is 16.4.